The highest BCUT2D eigenvalue weighted by Crippen LogP contribution is 2.26. The first-order chi connectivity index (χ1) is 12.6. The van der Waals surface area contributed by atoms with Crippen LogP contribution in [0, 0.1) is 0 Å². The van der Waals surface area contributed by atoms with Gasteiger partial charge in [-0.25, -0.2) is 26.4 Å². The zero-order valence-electron chi connectivity index (χ0n) is 14.1. The number of esters is 2. The molecule has 0 atom stereocenters. The number of sulfonamides is 2. The second-order valence-electron chi connectivity index (χ2n) is 5.06. The van der Waals surface area contributed by atoms with E-state index in [2.05, 4.69) is 13.6 Å². The average Bonchev–Trinajstić information content (AvgIpc) is 2.66. The molecule has 0 aliphatic heterocycles. The van der Waals surface area contributed by atoms with E-state index in [1.54, 1.807) is 0 Å². The Bertz CT molecular complexity index is 969. The van der Waals surface area contributed by atoms with Gasteiger partial charge in [0.25, 0.3) is 0 Å². The molecule has 0 spiro atoms. The molecule has 11 heteroatoms. The van der Waals surface area contributed by atoms with Crippen LogP contribution in [0.1, 0.15) is 20.7 Å². The molecule has 9 nitrogen and oxygen atoms in total. The van der Waals surface area contributed by atoms with Gasteiger partial charge in [-0.2, -0.15) is 0 Å². The molecule has 27 heavy (non-hydrogen) atoms. The minimum atomic E-state index is -4.55. The SMILES string of the molecule is COC(=O)c1ccc(S(=O)(=O)[N-]S(=O)(=O)c2ccc(C(=O)OC)cc2)cc1. The lowest BCUT2D eigenvalue weighted by atomic mass is 10.2. The van der Waals surface area contributed by atoms with E-state index in [1.807, 2.05) is 0 Å². The molecule has 0 radical (unpaired) electrons. The minimum Gasteiger partial charge on any atom is -0.465 e. The Kier molecular flexibility index (Phi) is 5.98. The summed E-state index contributed by atoms with van der Waals surface area (Å²) in [4.78, 5) is 21.9. The Morgan fingerprint density at radius 2 is 0.963 bits per heavy atom. The van der Waals surface area contributed by atoms with Crippen LogP contribution in [-0.2, 0) is 29.5 Å². The zero-order chi connectivity index (χ0) is 20.2. The zero-order valence-corrected chi connectivity index (χ0v) is 15.8. The number of hydrogen-bond donors (Lipinski definition) is 0. The second kappa shape index (κ2) is 7.86. The van der Waals surface area contributed by atoms with Crippen molar-refractivity contribution >= 4 is 32.0 Å². The van der Waals surface area contributed by atoms with Crippen LogP contribution in [0.15, 0.2) is 58.3 Å². The summed E-state index contributed by atoms with van der Waals surface area (Å²) in [5, 5.41) is 0. The number of carbonyl (C=O) groups excluding carboxylic acids is 2. The molecule has 144 valence electrons. The van der Waals surface area contributed by atoms with Gasteiger partial charge in [0.15, 0.2) is 0 Å². The lowest BCUT2D eigenvalue weighted by molar-refractivity contribution is 0.0592. The van der Waals surface area contributed by atoms with Crippen molar-refractivity contribution in [3.8, 4) is 0 Å². The molecule has 0 heterocycles. The van der Waals surface area contributed by atoms with E-state index >= 15 is 0 Å². The smallest absolute Gasteiger partial charge is 0.337 e. The summed E-state index contributed by atoms with van der Waals surface area (Å²) in [6.07, 6.45) is 0. The summed E-state index contributed by atoms with van der Waals surface area (Å²) in [5.41, 5.74) is 0.190. The highest BCUT2D eigenvalue weighted by molar-refractivity contribution is 8.12. The number of methoxy groups -OCH3 is 2. The molecule has 0 N–H and O–H groups in total. The Hall–Kier alpha value is -2.76. The van der Waals surface area contributed by atoms with Crippen LogP contribution >= 0.6 is 0 Å². The number of nitrogens with zero attached hydrogens (tertiary/aromatic N) is 1. The Balaban J connectivity index is 2.27. The number of ether oxygens (including phenoxy) is 2. The van der Waals surface area contributed by atoms with Crippen molar-refractivity contribution in [1.82, 2.24) is 0 Å². The van der Waals surface area contributed by atoms with Crippen LogP contribution in [-0.4, -0.2) is 43.0 Å². The highest BCUT2D eigenvalue weighted by atomic mass is 32.3. The molecule has 2 aromatic rings. The van der Waals surface area contributed by atoms with Crippen LogP contribution in [0.2, 0.25) is 0 Å². The molecule has 0 amide bonds. The van der Waals surface area contributed by atoms with E-state index in [1.165, 1.54) is 38.5 Å². The summed E-state index contributed by atoms with van der Waals surface area (Å²) in [6.45, 7) is 0. The number of hydrogen-bond acceptors (Lipinski definition) is 8. The van der Waals surface area contributed by atoms with E-state index in [9.17, 15) is 26.4 Å². The quantitative estimate of drug-likeness (QED) is 0.654. The van der Waals surface area contributed by atoms with E-state index in [4.69, 9.17) is 0 Å². The van der Waals surface area contributed by atoms with Gasteiger partial charge in [-0.3, -0.25) is 0 Å². The largest absolute Gasteiger partial charge is 0.465 e. The summed E-state index contributed by atoms with van der Waals surface area (Å²) in [5.74, 6) is -1.34. The van der Waals surface area contributed by atoms with Crippen molar-refractivity contribution in [3.63, 3.8) is 0 Å². The monoisotopic (exact) mass is 412 g/mol. The molecule has 0 aliphatic rings. The van der Waals surface area contributed by atoms with Crippen LogP contribution < -0.4 is 0 Å². The van der Waals surface area contributed by atoms with Crippen molar-refractivity contribution in [2.24, 2.45) is 0 Å². The molecular formula is C16H14NO8S2-. The number of carbonyl (C=O) groups is 2. The third kappa shape index (κ3) is 4.70. The first kappa shape index (κ1) is 20.6. The molecule has 0 bridgehead atoms. The molecule has 2 rings (SSSR count). The molecule has 2 aromatic carbocycles. The van der Waals surface area contributed by atoms with E-state index in [-0.39, 0.29) is 11.1 Å². The highest BCUT2D eigenvalue weighted by Gasteiger charge is 2.15. The van der Waals surface area contributed by atoms with Gasteiger partial charge in [-0.15, -0.1) is 0 Å². The minimum absolute atomic E-state index is 0.0951. The van der Waals surface area contributed by atoms with Crippen molar-refractivity contribution < 1.29 is 35.9 Å². The van der Waals surface area contributed by atoms with Crippen molar-refractivity contribution in [2.45, 2.75) is 9.79 Å². The lowest BCUT2D eigenvalue weighted by Crippen LogP contribution is -2.09. The topological polar surface area (TPSA) is 135 Å². The van der Waals surface area contributed by atoms with Crippen molar-refractivity contribution in [3.05, 3.63) is 63.8 Å². The van der Waals surface area contributed by atoms with E-state index in [0.29, 0.717) is 0 Å². The summed E-state index contributed by atoms with van der Waals surface area (Å²) >= 11 is 0. The Labute approximate surface area is 156 Å². The number of rotatable bonds is 6. The fourth-order valence-electron chi connectivity index (χ4n) is 1.98. The molecule has 0 aliphatic carbocycles. The van der Waals surface area contributed by atoms with Gasteiger partial charge < -0.3 is 13.6 Å². The van der Waals surface area contributed by atoms with Gasteiger partial charge in [0.1, 0.15) is 20.0 Å². The molecule has 0 saturated carbocycles. The first-order valence-corrected chi connectivity index (χ1v) is 10.1. The molecule has 0 fully saturated rings. The molecular weight excluding hydrogens is 398 g/mol. The summed E-state index contributed by atoms with van der Waals surface area (Å²) in [6, 6.07) is 8.86. The van der Waals surface area contributed by atoms with Crippen LogP contribution in [0.3, 0.4) is 0 Å². The fourth-order valence-corrected chi connectivity index (χ4v) is 4.66. The third-order valence-corrected chi connectivity index (χ3v) is 6.65. The maximum Gasteiger partial charge on any atom is 0.337 e. The maximum absolute atomic E-state index is 12.3. The van der Waals surface area contributed by atoms with Gasteiger partial charge in [0.2, 0.25) is 0 Å². The van der Waals surface area contributed by atoms with Crippen molar-refractivity contribution in [2.75, 3.05) is 14.2 Å². The van der Waals surface area contributed by atoms with Gasteiger partial charge in [-0.05, 0) is 48.5 Å². The van der Waals surface area contributed by atoms with Gasteiger partial charge in [0, 0.05) is 9.79 Å². The standard InChI is InChI=1S/C16H14NO8S2/c1-24-15(18)11-3-7-13(8-4-11)26(20,21)17-27(22,23)14-9-5-12(6-10-14)16(19)25-2/h3-10H,1-2H3/q-1. The Morgan fingerprint density at radius 3 is 1.22 bits per heavy atom. The summed E-state index contributed by atoms with van der Waals surface area (Å²) < 4.78 is 61.0. The number of benzene rings is 2. The van der Waals surface area contributed by atoms with Gasteiger partial charge >= 0.3 is 11.9 Å². The van der Waals surface area contributed by atoms with Gasteiger partial charge in [0.05, 0.1) is 25.3 Å². The predicted molar refractivity (Wildman–Crippen MR) is 93.3 cm³/mol. The predicted octanol–water partition coefficient (Wildman–Crippen LogP) is 1.71. The molecule has 0 saturated heterocycles. The summed E-state index contributed by atoms with van der Waals surface area (Å²) in [7, 11) is -6.77. The van der Waals surface area contributed by atoms with E-state index in [0.717, 1.165) is 24.3 Å². The maximum atomic E-state index is 12.3. The van der Waals surface area contributed by atoms with E-state index < -0.39 is 41.8 Å². The third-order valence-electron chi connectivity index (χ3n) is 3.34. The average molecular weight is 412 g/mol. The second-order valence-corrected chi connectivity index (χ2v) is 8.50. The van der Waals surface area contributed by atoms with Crippen molar-refractivity contribution in [1.29, 1.82) is 0 Å². The lowest BCUT2D eigenvalue weighted by Gasteiger charge is -2.21. The first-order valence-electron chi connectivity index (χ1n) is 7.22. The van der Waals surface area contributed by atoms with Crippen LogP contribution in [0.25, 0.3) is 4.13 Å². The fraction of sp³-hybridized carbons (Fsp3) is 0.125. The van der Waals surface area contributed by atoms with Crippen LogP contribution in [0.5, 0.6) is 0 Å². The normalized spacial score (nSPS) is 11.6. The molecule has 0 aromatic heterocycles. The van der Waals surface area contributed by atoms with Crippen LogP contribution in [0.4, 0.5) is 0 Å². The molecule has 0 unspecified atom stereocenters. The van der Waals surface area contributed by atoms with Gasteiger partial charge in [-0.1, -0.05) is 0 Å². The Morgan fingerprint density at radius 1 is 0.667 bits per heavy atom.